The summed E-state index contributed by atoms with van der Waals surface area (Å²) in [4.78, 5) is 16.5. The smallest absolute Gasteiger partial charge is 0.257 e. The Kier molecular flexibility index (Phi) is 3.88. The molecule has 0 saturated carbocycles. The maximum atomic E-state index is 12.2. The minimum absolute atomic E-state index is 0.0187. The molecule has 8 heteroatoms. The molecule has 23 heavy (non-hydrogen) atoms. The number of fused-ring (bicyclic) bond motifs is 1. The molecule has 1 amide bonds. The van der Waals surface area contributed by atoms with Crippen LogP contribution in [0.2, 0.25) is 0 Å². The van der Waals surface area contributed by atoms with E-state index < -0.39 is 10.0 Å². The van der Waals surface area contributed by atoms with Gasteiger partial charge in [-0.15, -0.1) is 0 Å². The first-order chi connectivity index (χ1) is 10.8. The summed E-state index contributed by atoms with van der Waals surface area (Å²) < 4.78 is 23.4. The average Bonchev–Trinajstić information content (AvgIpc) is 2.87. The third kappa shape index (κ3) is 3.39. The molecule has 0 aliphatic heterocycles. The van der Waals surface area contributed by atoms with E-state index in [0.29, 0.717) is 20.9 Å². The monoisotopic (exact) mass is 347 g/mol. The van der Waals surface area contributed by atoms with Crippen molar-refractivity contribution in [2.45, 2.75) is 11.8 Å². The molecule has 0 aliphatic rings. The lowest BCUT2D eigenvalue weighted by Gasteiger charge is -2.02. The van der Waals surface area contributed by atoms with Crippen molar-refractivity contribution in [2.75, 3.05) is 5.32 Å². The van der Waals surface area contributed by atoms with Gasteiger partial charge in [0.2, 0.25) is 10.0 Å². The summed E-state index contributed by atoms with van der Waals surface area (Å²) in [6.45, 7) is 1.91. The molecule has 2 aromatic carbocycles. The van der Waals surface area contributed by atoms with Crippen molar-refractivity contribution in [3.8, 4) is 0 Å². The second-order valence-corrected chi connectivity index (χ2v) is 7.61. The Morgan fingerprint density at radius 3 is 2.70 bits per heavy atom. The highest BCUT2D eigenvalue weighted by Crippen LogP contribution is 2.28. The largest absolute Gasteiger partial charge is 0.298 e. The fourth-order valence-electron chi connectivity index (χ4n) is 2.09. The number of benzene rings is 2. The number of thiazole rings is 1. The molecule has 3 rings (SSSR count). The van der Waals surface area contributed by atoms with Gasteiger partial charge in [0.25, 0.3) is 5.91 Å². The number of hydrogen-bond donors (Lipinski definition) is 2. The van der Waals surface area contributed by atoms with Crippen molar-refractivity contribution in [1.82, 2.24) is 4.98 Å². The molecule has 3 N–H and O–H groups in total. The maximum Gasteiger partial charge on any atom is 0.257 e. The van der Waals surface area contributed by atoms with Crippen LogP contribution in [-0.4, -0.2) is 19.3 Å². The predicted octanol–water partition coefficient (Wildman–Crippen LogP) is 2.50. The number of amides is 1. The van der Waals surface area contributed by atoms with Crippen molar-refractivity contribution in [1.29, 1.82) is 0 Å². The van der Waals surface area contributed by atoms with Gasteiger partial charge in [0.05, 0.1) is 15.1 Å². The van der Waals surface area contributed by atoms with Crippen molar-refractivity contribution in [2.24, 2.45) is 5.14 Å². The van der Waals surface area contributed by atoms with E-state index >= 15 is 0 Å². The third-order valence-corrected chi connectivity index (χ3v) is 5.03. The maximum absolute atomic E-state index is 12.2. The molecular formula is C15H13N3O3S2. The van der Waals surface area contributed by atoms with Gasteiger partial charge in [0, 0.05) is 5.56 Å². The Bertz CT molecular complexity index is 1010. The van der Waals surface area contributed by atoms with E-state index in [4.69, 9.17) is 5.14 Å². The number of anilines is 1. The standard InChI is InChI=1S/C15H13N3O3S2/c1-9-3-2-4-10(7-9)14(19)18-15-17-12-6-5-11(23(16,20)21)8-13(12)22-15/h2-8H,1H3,(H2,16,20,21)(H,17,18,19). The second kappa shape index (κ2) is 5.73. The van der Waals surface area contributed by atoms with Crippen molar-refractivity contribution < 1.29 is 13.2 Å². The third-order valence-electron chi connectivity index (χ3n) is 3.19. The van der Waals surface area contributed by atoms with Crippen LogP contribution in [0.3, 0.4) is 0 Å². The van der Waals surface area contributed by atoms with Gasteiger partial charge < -0.3 is 0 Å². The Hall–Kier alpha value is -2.29. The summed E-state index contributed by atoms with van der Waals surface area (Å²) in [6, 6.07) is 11.6. The van der Waals surface area contributed by atoms with Gasteiger partial charge in [-0.25, -0.2) is 18.5 Å². The Morgan fingerprint density at radius 1 is 1.22 bits per heavy atom. The van der Waals surface area contributed by atoms with E-state index in [2.05, 4.69) is 10.3 Å². The van der Waals surface area contributed by atoms with Crippen molar-refractivity contribution >= 4 is 42.6 Å². The highest BCUT2D eigenvalue weighted by molar-refractivity contribution is 7.89. The van der Waals surface area contributed by atoms with Crippen molar-refractivity contribution in [3.63, 3.8) is 0 Å². The topological polar surface area (TPSA) is 102 Å². The van der Waals surface area contributed by atoms with Crippen molar-refractivity contribution in [3.05, 3.63) is 53.6 Å². The van der Waals surface area contributed by atoms with Gasteiger partial charge in [-0.05, 0) is 37.3 Å². The second-order valence-electron chi connectivity index (χ2n) is 5.02. The number of aromatic nitrogens is 1. The minimum atomic E-state index is -3.76. The van der Waals surface area contributed by atoms with Gasteiger partial charge in [-0.3, -0.25) is 10.1 Å². The fraction of sp³-hybridized carbons (Fsp3) is 0.0667. The molecule has 3 aromatic rings. The van der Waals surface area contributed by atoms with Gasteiger partial charge in [-0.2, -0.15) is 0 Å². The first kappa shape index (κ1) is 15.6. The van der Waals surface area contributed by atoms with E-state index in [1.807, 2.05) is 13.0 Å². The van der Waals surface area contributed by atoms with Crippen LogP contribution in [0.1, 0.15) is 15.9 Å². The summed E-state index contributed by atoms with van der Waals surface area (Å²) in [6.07, 6.45) is 0. The first-order valence-electron chi connectivity index (χ1n) is 6.64. The molecule has 0 atom stereocenters. The van der Waals surface area contributed by atoms with Gasteiger partial charge in [-0.1, -0.05) is 29.0 Å². The molecule has 1 aromatic heterocycles. The molecule has 0 spiro atoms. The number of nitrogens with two attached hydrogens (primary N) is 1. The lowest BCUT2D eigenvalue weighted by atomic mass is 10.1. The number of nitrogens with one attached hydrogen (secondary N) is 1. The van der Waals surface area contributed by atoms with Crippen LogP contribution in [0.15, 0.2) is 47.4 Å². The highest BCUT2D eigenvalue weighted by Gasteiger charge is 2.13. The van der Waals surface area contributed by atoms with E-state index in [0.717, 1.165) is 5.56 Å². The molecule has 0 bridgehead atoms. The van der Waals surface area contributed by atoms with Crippen LogP contribution in [0, 0.1) is 6.92 Å². The van der Waals surface area contributed by atoms with Crippen LogP contribution >= 0.6 is 11.3 Å². The molecule has 0 unspecified atom stereocenters. The molecule has 1 heterocycles. The van der Waals surface area contributed by atoms with E-state index in [1.54, 1.807) is 24.3 Å². The van der Waals surface area contributed by atoms with Crippen LogP contribution in [-0.2, 0) is 10.0 Å². The number of hydrogen-bond acceptors (Lipinski definition) is 5. The SMILES string of the molecule is Cc1cccc(C(=O)Nc2nc3ccc(S(N)(=O)=O)cc3s2)c1. The molecule has 0 radical (unpaired) electrons. The molecular weight excluding hydrogens is 334 g/mol. The zero-order chi connectivity index (χ0) is 16.6. The Labute approximate surface area is 137 Å². The van der Waals surface area contributed by atoms with Crippen LogP contribution in [0.4, 0.5) is 5.13 Å². The van der Waals surface area contributed by atoms with Crippen LogP contribution in [0.25, 0.3) is 10.2 Å². The molecule has 0 saturated heterocycles. The number of primary sulfonamides is 1. The van der Waals surface area contributed by atoms with E-state index in [9.17, 15) is 13.2 Å². The lowest BCUT2D eigenvalue weighted by Crippen LogP contribution is -2.11. The Balaban J connectivity index is 1.90. The van der Waals surface area contributed by atoms with Gasteiger partial charge >= 0.3 is 0 Å². The minimum Gasteiger partial charge on any atom is -0.298 e. The summed E-state index contributed by atoms with van der Waals surface area (Å²) in [5.74, 6) is -0.264. The van der Waals surface area contributed by atoms with Gasteiger partial charge in [0.1, 0.15) is 0 Å². The van der Waals surface area contributed by atoms with E-state index in [1.165, 1.54) is 23.5 Å². The van der Waals surface area contributed by atoms with Crippen LogP contribution < -0.4 is 10.5 Å². The number of aryl methyl sites for hydroxylation is 1. The van der Waals surface area contributed by atoms with Gasteiger partial charge in [0.15, 0.2) is 5.13 Å². The normalized spacial score (nSPS) is 11.6. The lowest BCUT2D eigenvalue weighted by molar-refractivity contribution is 0.102. The number of rotatable bonds is 3. The van der Waals surface area contributed by atoms with Crippen LogP contribution in [0.5, 0.6) is 0 Å². The molecule has 118 valence electrons. The molecule has 0 fully saturated rings. The molecule has 6 nitrogen and oxygen atoms in total. The first-order valence-corrected chi connectivity index (χ1v) is 9.00. The Morgan fingerprint density at radius 2 is 2.00 bits per heavy atom. The summed E-state index contributed by atoms with van der Waals surface area (Å²) >= 11 is 1.19. The number of nitrogens with zero attached hydrogens (tertiary/aromatic N) is 1. The predicted molar refractivity (Wildman–Crippen MR) is 90.1 cm³/mol. The zero-order valence-electron chi connectivity index (χ0n) is 12.1. The quantitative estimate of drug-likeness (QED) is 0.760. The summed E-state index contributed by atoms with van der Waals surface area (Å²) in [5.41, 5.74) is 2.12. The highest BCUT2D eigenvalue weighted by atomic mass is 32.2. The number of sulfonamides is 1. The summed E-state index contributed by atoms with van der Waals surface area (Å²) in [7, 11) is -3.76. The average molecular weight is 347 g/mol. The fourth-order valence-corrected chi connectivity index (χ4v) is 3.61. The summed E-state index contributed by atoms with van der Waals surface area (Å²) in [5, 5.41) is 8.23. The number of carbonyl (C=O) groups excluding carboxylic acids is 1. The van der Waals surface area contributed by atoms with E-state index in [-0.39, 0.29) is 10.8 Å². The molecule has 0 aliphatic carbocycles. The zero-order valence-corrected chi connectivity index (χ0v) is 13.7. The number of carbonyl (C=O) groups is 1.